The van der Waals surface area contributed by atoms with E-state index in [2.05, 4.69) is 15.5 Å². The smallest absolute Gasteiger partial charge is 0.353 e. The Labute approximate surface area is 224 Å². The van der Waals surface area contributed by atoms with Crippen molar-refractivity contribution in [3.05, 3.63) is 71.0 Å². The minimum absolute atomic E-state index is 0.0116. The molecule has 0 spiro atoms. The van der Waals surface area contributed by atoms with E-state index in [1.54, 1.807) is 17.0 Å². The Morgan fingerprint density at radius 2 is 1.62 bits per heavy atom. The molecule has 4 rings (SSSR count). The third kappa shape index (κ3) is 7.78. The highest BCUT2D eigenvalue weighted by Crippen LogP contribution is 2.40. The first-order valence-corrected chi connectivity index (χ1v) is 13.0. The molecule has 2 aromatic carbocycles. The molecular formula is C28H32F4N4O3. The monoisotopic (exact) mass is 548 g/mol. The molecule has 7 nitrogen and oxygen atoms in total. The van der Waals surface area contributed by atoms with Gasteiger partial charge in [-0.1, -0.05) is 12.1 Å². The Hall–Kier alpha value is -3.47. The van der Waals surface area contributed by atoms with E-state index < -0.39 is 23.7 Å². The largest absolute Gasteiger partial charge is 0.416 e. The normalized spacial score (nSPS) is 20.3. The fraction of sp³-hybridized carbons (Fsp3) is 0.464. The molecule has 0 aromatic heterocycles. The highest BCUT2D eigenvalue weighted by molar-refractivity contribution is 5.97. The van der Waals surface area contributed by atoms with Crippen LogP contribution in [0.25, 0.3) is 0 Å². The first-order valence-electron chi connectivity index (χ1n) is 13.0. The van der Waals surface area contributed by atoms with Crippen LogP contribution < -0.4 is 10.6 Å². The van der Waals surface area contributed by atoms with Gasteiger partial charge >= 0.3 is 6.18 Å². The number of alkyl halides is 3. The molecule has 2 fully saturated rings. The van der Waals surface area contributed by atoms with E-state index in [9.17, 15) is 31.9 Å². The molecule has 2 aliphatic rings. The van der Waals surface area contributed by atoms with Gasteiger partial charge in [0.05, 0.1) is 5.56 Å². The van der Waals surface area contributed by atoms with Gasteiger partial charge in [-0.05, 0) is 68.3 Å². The predicted molar refractivity (Wildman–Crippen MR) is 136 cm³/mol. The van der Waals surface area contributed by atoms with Crippen LogP contribution in [0.5, 0.6) is 0 Å². The van der Waals surface area contributed by atoms with Crippen molar-refractivity contribution in [1.82, 2.24) is 20.4 Å². The molecule has 11 heteroatoms. The van der Waals surface area contributed by atoms with Gasteiger partial charge in [0.2, 0.25) is 11.8 Å². The standard InChI is InChI=1S/C28H32F4N4O3/c1-35-13-15-36(16-14-35)27(39)23(34-26(38)19-5-9-20(10-6-19)28(30,31)32)3-2-4-25(37)33-24-17-22(24)18-7-11-21(29)12-8-18/h5-12,22-24H,2-4,13-17H2,1H3,(H,33,37)(H,34,38)/t22-,23-,24?/m0/s1. The number of piperazine rings is 1. The van der Waals surface area contributed by atoms with Crippen LogP contribution in [0.15, 0.2) is 48.5 Å². The number of halogens is 4. The topological polar surface area (TPSA) is 81.8 Å². The number of hydrogen-bond donors (Lipinski definition) is 2. The zero-order valence-corrected chi connectivity index (χ0v) is 21.6. The number of benzene rings is 2. The average molecular weight is 549 g/mol. The van der Waals surface area contributed by atoms with Crippen LogP contribution in [0.4, 0.5) is 17.6 Å². The summed E-state index contributed by atoms with van der Waals surface area (Å²) in [5, 5.41) is 5.63. The molecule has 1 aliphatic heterocycles. The van der Waals surface area contributed by atoms with Crippen molar-refractivity contribution >= 4 is 17.7 Å². The van der Waals surface area contributed by atoms with Gasteiger partial charge in [-0.2, -0.15) is 13.2 Å². The van der Waals surface area contributed by atoms with Crippen LogP contribution in [-0.4, -0.2) is 72.8 Å². The number of nitrogens with zero attached hydrogens (tertiary/aromatic N) is 2. The Morgan fingerprint density at radius 3 is 2.23 bits per heavy atom. The summed E-state index contributed by atoms with van der Waals surface area (Å²) in [5.74, 6) is -1.28. The average Bonchev–Trinajstić information content (AvgIpc) is 3.66. The zero-order valence-electron chi connectivity index (χ0n) is 21.6. The Morgan fingerprint density at radius 1 is 0.974 bits per heavy atom. The molecular weight excluding hydrogens is 516 g/mol. The third-order valence-corrected chi connectivity index (χ3v) is 7.22. The van der Waals surface area contributed by atoms with E-state index in [-0.39, 0.29) is 48.0 Å². The fourth-order valence-electron chi connectivity index (χ4n) is 4.74. The van der Waals surface area contributed by atoms with Crippen molar-refractivity contribution < 1.29 is 31.9 Å². The van der Waals surface area contributed by atoms with Gasteiger partial charge in [0.25, 0.3) is 5.91 Å². The maximum absolute atomic E-state index is 13.3. The van der Waals surface area contributed by atoms with Crippen LogP contribution in [0.2, 0.25) is 0 Å². The Bertz CT molecular complexity index is 1160. The minimum atomic E-state index is -4.52. The molecule has 210 valence electrons. The minimum Gasteiger partial charge on any atom is -0.353 e. The number of hydrogen-bond acceptors (Lipinski definition) is 4. The van der Waals surface area contributed by atoms with E-state index in [4.69, 9.17) is 0 Å². The number of carbonyl (C=O) groups excluding carboxylic acids is 3. The van der Waals surface area contributed by atoms with E-state index in [0.717, 1.165) is 36.2 Å². The fourth-order valence-corrected chi connectivity index (χ4v) is 4.74. The van der Waals surface area contributed by atoms with Gasteiger partial charge in [-0.25, -0.2) is 4.39 Å². The van der Waals surface area contributed by atoms with E-state index >= 15 is 0 Å². The maximum atomic E-state index is 13.3. The zero-order chi connectivity index (χ0) is 28.2. The van der Waals surface area contributed by atoms with E-state index in [0.29, 0.717) is 32.6 Å². The number of nitrogens with one attached hydrogen (secondary N) is 2. The van der Waals surface area contributed by atoms with Crippen LogP contribution in [-0.2, 0) is 15.8 Å². The Kier molecular flexibility index (Phi) is 8.89. The van der Waals surface area contributed by atoms with Gasteiger partial charge in [0.15, 0.2) is 0 Å². The second-order valence-corrected chi connectivity index (χ2v) is 10.2. The van der Waals surface area contributed by atoms with Crippen molar-refractivity contribution in [3.63, 3.8) is 0 Å². The molecule has 3 amide bonds. The number of likely N-dealkylation sites (N-methyl/N-ethyl adjacent to an activating group) is 1. The lowest BCUT2D eigenvalue weighted by atomic mass is 10.1. The molecule has 1 saturated carbocycles. The highest BCUT2D eigenvalue weighted by Gasteiger charge is 2.39. The van der Waals surface area contributed by atoms with Crippen LogP contribution in [0, 0.1) is 5.82 Å². The van der Waals surface area contributed by atoms with Gasteiger partial charge < -0.3 is 20.4 Å². The molecule has 0 radical (unpaired) electrons. The molecule has 1 heterocycles. The molecule has 3 atom stereocenters. The predicted octanol–water partition coefficient (Wildman–Crippen LogP) is 3.56. The number of rotatable bonds is 9. The van der Waals surface area contributed by atoms with Gasteiger partial charge in [-0.15, -0.1) is 0 Å². The Balaban J connectivity index is 1.32. The van der Waals surface area contributed by atoms with Crippen molar-refractivity contribution in [1.29, 1.82) is 0 Å². The third-order valence-electron chi connectivity index (χ3n) is 7.22. The number of carbonyl (C=O) groups is 3. The summed E-state index contributed by atoms with van der Waals surface area (Å²) in [6, 6.07) is 9.08. The molecule has 1 aliphatic carbocycles. The summed E-state index contributed by atoms with van der Waals surface area (Å²) in [7, 11) is 1.95. The SMILES string of the molecule is CN1CCN(C(=O)[C@H](CCCC(=O)NC2C[C@H]2c2ccc(F)cc2)NC(=O)c2ccc(C(F)(F)F)cc2)CC1. The summed E-state index contributed by atoms with van der Waals surface area (Å²) in [4.78, 5) is 42.4. The molecule has 2 aromatic rings. The lowest BCUT2D eigenvalue weighted by Crippen LogP contribution is -2.54. The second-order valence-electron chi connectivity index (χ2n) is 10.2. The van der Waals surface area contributed by atoms with E-state index in [1.165, 1.54) is 12.1 Å². The van der Waals surface area contributed by atoms with Crippen molar-refractivity contribution in [2.75, 3.05) is 33.2 Å². The van der Waals surface area contributed by atoms with Crippen molar-refractivity contribution in [2.45, 2.75) is 49.9 Å². The molecule has 2 N–H and O–H groups in total. The van der Waals surface area contributed by atoms with Crippen LogP contribution in [0.3, 0.4) is 0 Å². The quantitative estimate of drug-likeness (QED) is 0.470. The van der Waals surface area contributed by atoms with Crippen LogP contribution >= 0.6 is 0 Å². The van der Waals surface area contributed by atoms with E-state index in [1.807, 2.05) is 7.05 Å². The molecule has 1 unspecified atom stereocenters. The summed E-state index contributed by atoms with van der Waals surface area (Å²) in [5.41, 5.74) is 0.107. The molecule has 0 bridgehead atoms. The molecule has 1 saturated heterocycles. The first-order chi connectivity index (χ1) is 18.5. The lowest BCUT2D eigenvalue weighted by molar-refractivity contribution is -0.137. The lowest BCUT2D eigenvalue weighted by Gasteiger charge is -2.34. The number of amides is 3. The van der Waals surface area contributed by atoms with Gasteiger partial charge in [-0.3, -0.25) is 14.4 Å². The first kappa shape index (κ1) is 28.5. The highest BCUT2D eigenvalue weighted by atomic mass is 19.4. The van der Waals surface area contributed by atoms with Gasteiger partial charge in [0.1, 0.15) is 11.9 Å². The second kappa shape index (κ2) is 12.1. The summed E-state index contributed by atoms with van der Waals surface area (Å²) in [6.07, 6.45) is -3.07. The molecule has 39 heavy (non-hydrogen) atoms. The van der Waals surface area contributed by atoms with Gasteiger partial charge in [0, 0.05) is 50.1 Å². The summed E-state index contributed by atoms with van der Waals surface area (Å²) >= 11 is 0. The summed E-state index contributed by atoms with van der Waals surface area (Å²) in [6.45, 7) is 2.36. The maximum Gasteiger partial charge on any atom is 0.416 e. The van der Waals surface area contributed by atoms with Crippen molar-refractivity contribution in [3.8, 4) is 0 Å². The summed E-state index contributed by atoms with van der Waals surface area (Å²) < 4.78 is 51.8. The van der Waals surface area contributed by atoms with Crippen LogP contribution in [0.1, 0.15) is 53.1 Å². The van der Waals surface area contributed by atoms with Crippen molar-refractivity contribution in [2.24, 2.45) is 0 Å².